The molecule has 0 heterocycles. The summed E-state index contributed by atoms with van der Waals surface area (Å²) in [5.74, 6) is 1.54. The van der Waals surface area contributed by atoms with Gasteiger partial charge in [0, 0.05) is 10.0 Å². The molecular formula is C24H23BrN2O5. The quantitative estimate of drug-likeness (QED) is 0.338. The molecule has 1 amide bonds. The van der Waals surface area contributed by atoms with E-state index in [1.807, 2.05) is 30.3 Å². The second kappa shape index (κ2) is 11.2. The number of halogens is 1. The van der Waals surface area contributed by atoms with E-state index in [4.69, 9.17) is 18.9 Å². The number of carbonyl (C=O) groups excluding carboxylic acids is 1. The molecule has 3 aromatic carbocycles. The molecule has 1 N–H and O–H groups in total. The van der Waals surface area contributed by atoms with E-state index in [0.717, 1.165) is 10.0 Å². The highest BCUT2D eigenvalue weighted by molar-refractivity contribution is 9.10. The fourth-order valence-electron chi connectivity index (χ4n) is 2.97. The van der Waals surface area contributed by atoms with E-state index < -0.39 is 5.91 Å². The lowest BCUT2D eigenvalue weighted by molar-refractivity contribution is 0.0950. The molecule has 0 aliphatic rings. The Labute approximate surface area is 195 Å². The molecule has 0 aliphatic carbocycles. The highest BCUT2D eigenvalue weighted by Crippen LogP contribution is 2.37. The molecule has 0 radical (unpaired) electrons. The van der Waals surface area contributed by atoms with Gasteiger partial charge in [-0.2, -0.15) is 5.10 Å². The third kappa shape index (κ3) is 5.79. The van der Waals surface area contributed by atoms with Crippen molar-refractivity contribution < 1.29 is 23.7 Å². The van der Waals surface area contributed by atoms with Gasteiger partial charge < -0.3 is 18.9 Å². The van der Waals surface area contributed by atoms with Crippen LogP contribution in [0.3, 0.4) is 0 Å². The Bertz CT molecular complexity index is 1090. The van der Waals surface area contributed by atoms with Crippen LogP contribution in [0.25, 0.3) is 0 Å². The van der Waals surface area contributed by atoms with Gasteiger partial charge in [-0.15, -0.1) is 0 Å². The monoisotopic (exact) mass is 498 g/mol. The van der Waals surface area contributed by atoms with Crippen LogP contribution in [0.5, 0.6) is 23.0 Å². The Morgan fingerprint density at radius 1 is 0.938 bits per heavy atom. The molecule has 0 saturated heterocycles. The summed E-state index contributed by atoms with van der Waals surface area (Å²) < 4.78 is 22.8. The molecule has 0 unspecified atom stereocenters. The van der Waals surface area contributed by atoms with Crippen LogP contribution < -0.4 is 24.4 Å². The summed E-state index contributed by atoms with van der Waals surface area (Å²) in [7, 11) is 4.60. The minimum Gasteiger partial charge on any atom is -0.493 e. The molecule has 0 atom stereocenters. The number of hydrazone groups is 1. The van der Waals surface area contributed by atoms with E-state index in [9.17, 15) is 4.79 Å². The molecule has 8 heteroatoms. The van der Waals surface area contributed by atoms with Gasteiger partial charge in [0.15, 0.2) is 11.5 Å². The number of nitrogens with one attached hydrogen (secondary N) is 1. The van der Waals surface area contributed by atoms with Crippen molar-refractivity contribution in [1.29, 1.82) is 0 Å². The summed E-state index contributed by atoms with van der Waals surface area (Å²) in [6.45, 7) is 0.332. The van der Waals surface area contributed by atoms with Crippen molar-refractivity contribution >= 4 is 28.1 Å². The zero-order valence-corrected chi connectivity index (χ0v) is 19.5. The van der Waals surface area contributed by atoms with Crippen LogP contribution in [0.1, 0.15) is 21.5 Å². The smallest absolute Gasteiger partial charge is 0.275 e. The molecule has 0 fully saturated rings. The van der Waals surface area contributed by atoms with Crippen LogP contribution in [-0.4, -0.2) is 33.5 Å². The Morgan fingerprint density at radius 3 is 2.31 bits per heavy atom. The van der Waals surface area contributed by atoms with Gasteiger partial charge in [-0.25, -0.2) is 5.43 Å². The van der Waals surface area contributed by atoms with E-state index >= 15 is 0 Å². The van der Waals surface area contributed by atoms with Gasteiger partial charge in [0.25, 0.3) is 5.91 Å². The SMILES string of the molecule is COc1cc(/C=N\NC(=O)c2ccccc2OCc2cccc(Br)c2)cc(OC)c1OC. The zero-order valence-electron chi connectivity index (χ0n) is 17.9. The van der Waals surface area contributed by atoms with Crippen molar-refractivity contribution in [2.75, 3.05) is 21.3 Å². The third-order valence-electron chi connectivity index (χ3n) is 4.48. The number of hydrogen-bond acceptors (Lipinski definition) is 6. The van der Waals surface area contributed by atoms with Gasteiger partial charge in [-0.1, -0.05) is 40.2 Å². The number of amides is 1. The first kappa shape index (κ1) is 23.1. The maximum Gasteiger partial charge on any atom is 0.275 e. The number of para-hydroxylation sites is 1. The van der Waals surface area contributed by atoms with Crippen LogP contribution in [0, 0.1) is 0 Å². The molecule has 0 aliphatic heterocycles. The zero-order chi connectivity index (χ0) is 22.9. The average Bonchev–Trinajstić information content (AvgIpc) is 2.82. The Morgan fingerprint density at radius 2 is 1.66 bits per heavy atom. The lowest BCUT2D eigenvalue weighted by Crippen LogP contribution is -2.18. The van der Waals surface area contributed by atoms with Crippen LogP contribution in [0.15, 0.2) is 70.2 Å². The van der Waals surface area contributed by atoms with E-state index in [0.29, 0.717) is 40.7 Å². The Balaban J connectivity index is 1.71. The fraction of sp³-hybridized carbons (Fsp3) is 0.167. The lowest BCUT2D eigenvalue weighted by Gasteiger charge is -2.12. The second-order valence-electron chi connectivity index (χ2n) is 6.57. The Kier molecular flexibility index (Phi) is 8.10. The summed E-state index contributed by atoms with van der Waals surface area (Å²) in [5.41, 5.74) is 4.56. The maximum absolute atomic E-state index is 12.7. The number of ether oxygens (including phenoxy) is 4. The highest BCUT2D eigenvalue weighted by Gasteiger charge is 2.14. The molecule has 3 rings (SSSR count). The van der Waals surface area contributed by atoms with E-state index in [-0.39, 0.29) is 0 Å². The predicted molar refractivity (Wildman–Crippen MR) is 126 cm³/mol. The summed E-state index contributed by atoms with van der Waals surface area (Å²) in [4.78, 5) is 12.7. The molecule has 7 nitrogen and oxygen atoms in total. The topological polar surface area (TPSA) is 78.4 Å². The molecule has 0 bridgehead atoms. The van der Waals surface area contributed by atoms with Gasteiger partial charge in [-0.05, 0) is 42.0 Å². The minimum absolute atomic E-state index is 0.332. The van der Waals surface area contributed by atoms with Crippen LogP contribution in [-0.2, 0) is 6.61 Å². The van der Waals surface area contributed by atoms with Gasteiger partial charge in [0.05, 0.1) is 33.1 Å². The third-order valence-corrected chi connectivity index (χ3v) is 4.98. The van der Waals surface area contributed by atoms with E-state index in [1.54, 1.807) is 30.3 Å². The number of benzene rings is 3. The predicted octanol–water partition coefficient (Wildman–Crippen LogP) is 4.82. The maximum atomic E-state index is 12.7. The summed E-state index contributed by atoms with van der Waals surface area (Å²) in [5, 5.41) is 4.06. The van der Waals surface area contributed by atoms with Crippen molar-refractivity contribution in [1.82, 2.24) is 5.43 Å². The van der Waals surface area contributed by atoms with Gasteiger partial charge >= 0.3 is 0 Å². The van der Waals surface area contributed by atoms with Crippen LogP contribution in [0.2, 0.25) is 0 Å². The number of hydrogen-bond donors (Lipinski definition) is 1. The van der Waals surface area contributed by atoms with E-state index in [2.05, 4.69) is 26.5 Å². The van der Waals surface area contributed by atoms with Crippen molar-refractivity contribution in [3.8, 4) is 23.0 Å². The number of nitrogens with zero attached hydrogens (tertiary/aromatic N) is 1. The molecule has 3 aromatic rings. The van der Waals surface area contributed by atoms with Gasteiger partial charge in [0.1, 0.15) is 12.4 Å². The number of carbonyl (C=O) groups is 1. The van der Waals surface area contributed by atoms with Crippen LogP contribution in [0.4, 0.5) is 0 Å². The molecule has 0 spiro atoms. The molecule has 166 valence electrons. The average molecular weight is 499 g/mol. The standard InChI is InChI=1S/C24H23BrN2O5/c1-29-21-12-17(13-22(30-2)23(21)31-3)14-26-27-24(28)19-9-4-5-10-20(19)32-15-16-7-6-8-18(25)11-16/h4-14H,15H2,1-3H3,(H,27,28)/b26-14-. The normalized spacial score (nSPS) is 10.6. The van der Waals surface area contributed by atoms with Crippen molar-refractivity contribution in [3.05, 3.63) is 81.8 Å². The summed E-state index contributed by atoms with van der Waals surface area (Å²) in [6.07, 6.45) is 1.49. The fourth-order valence-corrected chi connectivity index (χ4v) is 3.42. The lowest BCUT2D eigenvalue weighted by atomic mass is 10.2. The van der Waals surface area contributed by atoms with Crippen molar-refractivity contribution in [2.24, 2.45) is 5.10 Å². The number of methoxy groups -OCH3 is 3. The first-order valence-electron chi connectivity index (χ1n) is 9.65. The number of rotatable bonds is 9. The largest absolute Gasteiger partial charge is 0.493 e. The van der Waals surface area contributed by atoms with Gasteiger partial charge in [0.2, 0.25) is 5.75 Å². The van der Waals surface area contributed by atoms with E-state index in [1.165, 1.54) is 27.5 Å². The minimum atomic E-state index is -0.390. The molecule has 0 aromatic heterocycles. The summed E-state index contributed by atoms with van der Waals surface area (Å²) in [6, 6.07) is 18.3. The molecule has 0 saturated carbocycles. The second-order valence-corrected chi connectivity index (χ2v) is 7.49. The molecular weight excluding hydrogens is 476 g/mol. The first-order valence-corrected chi connectivity index (χ1v) is 10.4. The van der Waals surface area contributed by atoms with Gasteiger partial charge in [-0.3, -0.25) is 4.79 Å². The first-order chi connectivity index (χ1) is 15.5. The summed E-state index contributed by atoms with van der Waals surface area (Å²) >= 11 is 3.44. The molecule has 32 heavy (non-hydrogen) atoms. The highest BCUT2D eigenvalue weighted by atomic mass is 79.9. The van der Waals surface area contributed by atoms with Crippen molar-refractivity contribution in [3.63, 3.8) is 0 Å². The van der Waals surface area contributed by atoms with Crippen molar-refractivity contribution in [2.45, 2.75) is 6.61 Å². The van der Waals surface area contributed by atoms with Crippen LogP contribution >= 0.6 is 15.9 Å². The Hall–Kier alpha value is -3.52.